The van der Waals surface area contributed by atoms with Crippen molar-refractivity contribution in [2.75, 3.05) is 6.61 Å². The second kappa shape index (κ2) is 5.64. The van der Waals surface area contributed by atoms with Gasteiger partial charge in [-0.2, -0.15) is 0 Å². The molecule has 1 aliphatic rings. The molecule has 2 rings (SSSR count). The second-order valence-corrected chi connectivity index (χ2v) is 7.01. The van der Waals surface area contributed by atoms with Gasteiger partial charge in [0.2, 0.25) is 0 Å². The third kappa shape index (κ3) is 4.05. The third-order valence-corrected chi connectivity index (χ3v) is 4.08. The van der Waals surface area contributed by atoms with E-state index in [-0.39, 0.29) is 11.0 Å². The summed E-state index contributed by atoms with van der Waals surface area (Å²) in [5, 5.41) is 0. The number of rotatable bonds is 4. The molecule has 0 amide bonds. The molecular formula is C17H27NO. The quantitative estimate of drug-likeness (QED) is 0.895. The second-order valence-electron chi connectivity index (χ2n) is 7.01. The lowest BCUT2D eigenvalue weighted by Gasteiger charge is -2.23. The molecule has 0 bridgehead atoms. The molecular weight excluding hydrogens is 234 g/mol. The Labute approximate surface area is 117 Å². The predicted octanol–water partition coefficient (Wildman–Crippen LogP) is 3.77. The average Bonchev–Trinajstić information content (AvgIpc) is 2.76. The molecule has 1 aromatic carbocycles. The van der Waals surface area contributed by atoms with E-state index in [2.05, 4.69) is 45.0 Å². The minimum atomic E-state index is -0.0641. The summed E-state index contributed by atoms with van der Waals surface area (Å²) in [5.74, 6) is 0. The van der Waals surface area contributed by atoms with E-state index >= 15 is 0 Å². The van der Waals surface area contributed by atoms with Crippen molar-refractivity contribution in [2.24, 2.45) is 5.73 Å². The molecule has 0 aromatic heterocycles. The summed E-state index contributed by atoms with van der Waals surface area (Å²) in [5.41, 5.74) is 9.02. The zero-order valence-corrected chi connectivity index (χ0v) is 12.5. The summed E-state index contributed by atoms with van der Waals surface area (Å²) >= 11 is 0. The van der Waals surface area contributed by atoms with E-state index in [0.717, 1.165) is 12.8 Å². The van der Waals surface area contributed by atoms with Crippen LogP contribution in [0.3, 0.4) is 0 Å². The molecule has 2 N–H and O–H groups in total. The highest BCUT2D eigenvalue weighted by atomic mass is 16.5. The standard InChI is InChI=1S/C17H27NO/c1-16(2,3)15-8-6-14(7-9-15)12-19-13-17(18)10-4-5-11-17/h6-9H,4-5,10-13,18H2,1-3H3. The van der Waals surface area contributed by atoms with Crippen LogP contribution in [0.25, 0.3) is 0 Å². The van der Waals surface area contributed by atoms with Crippen LogP contribution in [0.15, 0.2) is 24.3 Å². The SMILES string of the molecule is CC(C)(C)c1ccc(COCC2(N)CCCC2)cc1. The molecule has 0 radical (unpaired) electrons. The summed E-state index contributed by atoms with van der Waals surface area (Å²) in [7, 11) is 0. The van der Waals surface area contributed by atoms with Crippen LogP contribution >= 0.6 is 0 Å². The van der Waals surface area contributed by atoms with Crippen LogP contribution in [0, 0.1) is 0 Å². The van der Waals surface area contributed by atoms with Crippen molar-refractivity contribution in [3.8, 4) is 0 Å². The minimum Gasteiger partial charge on any atom is -0.375 e. The van der Waals surface area contributed by atoms with Gasteiger partial charge in [-0.1, -0.05) is 57.9 Å². The van der Waals surface area contributed by atoms with Gasteiger partial charge < -0.3 is 10.5 Å². The Morgan fingerprint density at radius 1 is 1.11 bits per heavy atom. The van der Waals surface area contributed by atoms with Crippen molar-refractivity contribution in [1.82, 2.24) is 0 Å². The fourth-order valence-electron chi connectivity index (χ4n) is 2.70. The van der Waals surface area contributed by atoms with Crippen LogP contribution in [0.2, 0.25) is 0 Å². The van der Waals surface area contributed by atoms with Crippen molar-refractivity contribution < 1.29 is 4.74 Å². The molecule has 1 fully saturated rings. The Bertz CT molecular complexity index is 396. The maximum Gasteiger partial charge on any atom is 0.0717 e. The number of nitrogens with two attached hydrogens (primary N) is 1. The van der Waals surface area contributed by atoms with Crippen LogP contribution in [-0.2, 0) is 16.8 Å². The fourth-order valence-corrected chi connectivity index (χ4v) is 2.70. The van der Waals surface area contributed by atoms with Gasteiger partial charge in [0.15, 0.2) is 0 Å². The number of hydrogen-bond donors (Lipinski definition) is 1. The summed E-state index contributed by atoms with van der Waals surface area (Å²) in [6.07, 6.45) is 4.71. The van der Waals surface area contributed by atoms with Gasteiger partial charge in [-0.05, 0) is 29.4 Å². The highest BCUT2D eigenvalue weighted by Gasteiger charge is 2.29. The first-order chi connectivity index (χ1) is 8.89. The van der Waals surface area contributed by atoms with E-state index in [1.54, 1.807) is 0 Å². The summed E-state index contributed by atoms with van der Waals surface area (Å²) in [6.45, 7) is 8.06. The lowest BCUT2D eigenvalue weighted by molar-refractivity contribution is 0.0751. The predicted molar refractivity (Wildman–Crippen MR) is 80.2 cm³/mol. The Morgan fingerprint density at radius 3 is 2.21 bits per heavy atom. The molecule has 19 heavy (non-hydrogen) atoms. The van der Waals surface area contributed by atoms with Crippen molar-refractivity contribution >= 4 is 0 Å². The molecule has 1 aliphatic carbocycles. The number of ether oxygens (including phenoxy) is 1. The van der Waals surface area contributed by atoms with Crippen LogP contribution in [0.4, 0.5) is 0 Å². The first kappa shape index (κ1) is 14.5. The van der Waals surface area contributed by atoms with Crippen molar-refractivity contribution in [1.29, 1.82) is 0 Å². The van der Waals surface area contributed by atoms with E-state index in [0.29, 0.717) is 13.2 Å². The summed E-state index contributed by atoms with van der Waals surface area (Å²) < 4.78 is 5.81. The monoisotopic (exact) mass is 261 g/mol. The van der Waals surface area contributed by atoms with Crippen LogP contribution in [-0.4, -0.2) is 12.1 Å². The van der Waals surface area contributed by atoms with Gasteiger partial charge >= 0.3 is 0 Å². The lowest BCUT2D eigenvalue weighted by Crippen LogP contribution is -2.41. The van der Waals surface area contributed by atoms with Gasteiger partial charge in [0.05, 0.1) is 13.2 Å². The van der Waals surface area contributed by atoms with Gasteiger partial charge in [-0.3, -0.25) is 0 Å². The molecule has 0 saturated heterocycles. The maximum absolute atomic E-state index is 6.28. The van der Waals surface area contributed by atoms with E-state index < -0.39 is 0 Å². The molecule has 1 aromatic rings. The summed E-state index contributed by atoms with van der Waals surface area (Å²) in [4.78, 5) is 0. The highest BCUT2D eigenvalue weighted by molar-refractivity contribution is 5.27. The lowest BCUT2D eigenvalue weighted by atomic mass is 9.87. The fraction of sp³-hybridized carbons (Fsp3) is 0.647. The highest BCUT2D eigenvalue weighted by Crippen LogP contribution is 2.27. The van der Waals surface area contributed by atoms with Gasteiger partial charge in [0.25, 0.3) is 0 Å². The largest absolute Gasteiger partial charge is 0.375 e. The molecule has 2 nitrogen and oxygen atoms in total. The normalized spacial score (nSPS) is 18.7. The van der Waals surface area contributed by atoms with Gasteiger partial charge in [-0.25, -0.2) is 0 Å². The Hall–Kier alpha value is -0.860. The smallest absolute Gasteiger partial charge is 0.0717 e. The minimum absolute atomic E-state index is 0.0641. The Balaban J connectivity index is 1.83. The van der Waals surface area contributed by atoms with E-state index in [9.17, 15) is 0 Å². The Kier molecular flexibility index (Phi) is 4.32. The molecule has 0 atom stereocenters. The van der Waals surface area contributed by atoms with Gasteiger partial charge in [0, 0.05) is 5.54 Å². The first-order valence-corrected chi connectivity index (χ1v) is 7.35. The number of benzene rings is 1. The summed E-state index contributed by atoms with van der Waals surface area (Å²) in [6, 6.07) is 8.73. The third-order valence-electron chi connectivity index (χ3n) is 4.08. The zero-order chi connectivity index (χ0) is 13.9. The maximum atomic E-state index is 6.28. The number of hydrogen-bond acceptors (Lipinski definition) is 2. The van der Waals surface area contributed by atoms with Gasteiger partial charge in [0.1, 0.15) is 0 Å². The van der Waals surface area contributed by atoms with Crippen molar-refractivity contribution in [2.45, 2.75) is 64.0 Å². The molecule has 2 heteroatoms. The topological polar surface area (TPSA) is 35.2 Å². The molecule has 0 spiro atoms. The van der Waals surface area contributed by atoms with Crippen LogP contribution in [0.1, 0.15) is 57.6 Å². The van der Waals surface area contributed by atoms with E-state index in [4.69, 9.17) is 10.5 Å². The molecule has 0 heterocycles. The van der Waals surface area contributed by atoms with Gasteiger partial charge in [-0.15, -0.1) is 0 Å². The van der Waals surface area contributed by atoms with Crippen LogP contribution in [0.5, 0.6) is 0 Å². The molecule has 1 saturated carbocycles. The molecule has 0 unspecified atom stereocenters. The first-order valence-electron chi connectivity index (χ1n) is 7.35. The molecule has 0 aliphatic heterocycles. The Morgan fingerprint density at radius 2 is 1.68 bits per heavy atom. The zero-order valence-electron chi connectivity index (χ0n) is 12.5. The average molecular weight is 261 g/mol. The van der Waals surface area contributed by atoms with E-state index in [1.807, 2.05) is 0 Å². The molecule has 106 valence electrons. The van der Waals surface area contributed by atoms with Crippen LogP contribution < -0.4 is 5.73 Å². The van der Waals surface area contributed by atoms with E-state index in [1.165, 1.54) is 24.0 Å². The van der Waals surface area contributed by atoms with Crippen molar-refractivity contribution in [3.63, 3.8) is 0 Å². The van der Waals surface area contributed by atoms with Crippen molar-refractivity contribution in [3.05, 3.63) is 35.4 Å².